The van der Waals surface area contributed by atoms with Gasteiger partial charge in [-0.2, -0.15) is 5.26 Å². The molecule has 0 spiro atoms. The molecule has 1 fully saturated rings. The van der Waals surface area contributed by atoms with Gasteiger partial charge in [0.05, 0.1) is 29.6 Å². The second-order valence-electron chi connectivity index (χ2n) is 7.23. The Kier molecular flexibility index (Phi) is 3.84. The molecule has 1 aliphatic carbocycles. The normalized spacial score (nSPS) is 16.1. The van der Waals surface area contributed by atoms with Crippen LogP contribution in [0.1, 0.15) is 36.7 Å². The topological polar surface area (TPSA) is 67.4 Å². The van der Waals surface area contributed by atoms with E-state index in [1.165, 1.54) is 0 Å². The van der Waals surface area contributed by atoms with Crippen LogP contribution in [-0.2, 0) is 5.41 Å². The molecule has 1 aliphatic rings. The Hall–Kier alpha value is -3.00. The standard InChI is InChI=1S/C21H21N5/c1-14-4-5-15(2)26(14)20-12-24-19(11-25-20)18-9-8-17(10-23-18)21(3,13-22)16-6-7-16/h4-5,8-12,16H,6-7H2,1-3H3. The molecule has 3 aromatic heterocycles. The lowest BCUT2D eigenvalue weighted by atomic mass is 9.80. The van der Waals surface area contributed by atoms with Crippen molar-refractivity contribution in [2.75, 3.05) is 0 Å². The summed E-state index contributed by atoms with van der Waals surface area (Å²) in [7, 11) is 0. The third kappa shape index (κ3) is 2.68. The predicted octanol–water partition coefficient (Wildman–Crippen LogP) is 4.14. The van der Waals surface area contributed by atoms with Crippen molar-refractivity contribution in [2.24, 2.45) is 5.92 Å². The van der Waals surface area contributed by atoms with Crippen LogP contribution in [0.15, 0.2) is 42.9 Å². The SMILES string of the molecule is Cc1ccc(C)n1-c1cnc(-c2ccc(C(C)(C#N)C3CC3)cn2)cn1. The van der Waals surface area contributed by atoms with Crippen molar-refractivity contribution in [1.29, 1.82) is 5.26 Å². The summed E-state index contributed by atoms with van der Waals surface area (Å²) in [5.41, 5.74) is 4.29. The van der Waals surface area contributed by atoms with Gasteiger partial charge in [-0.05, 0) is 63.3 Å². The maximum Gasteiger partial charge on any atom is 0.155 e. The quantitative estimate of drug-likeness (QED) is 0.714. The van der Waals surface area contributed by atoms with Gasteiger partial charge in [0, 0.05) is 17.6 Å². The van der Waals surface area contributed by atoms with E-state index in [4.69, 9.17) is 0 Å². The van der Waals surface area contributed by atoms with E-state index in [1.807, 2.05) is 25.3 Å². The van der Waals surface area contributed by atoms with Crippen LogP contribution in [0.25, 0.3) is 17.2 Å². The monoisotopic (exact) mass is 343 g/mol. The van der Waals surface area contributed by atoms with Crippen LogP contribution in [0, 0.1) is 31.1 Å². The number of rotatable bonds is 4. The Bertz CT molecular complexity index is 955. The first-order valence-electron chi connectivity index (χ1n) is 8.88. The predicted molar refractivity (Wildman–Crippen MR) is 99.8 cm³/mol. The largest absolute Gasteiger partial charge is 0.302 e. The molecule has 1 unspecified atom stereocenters. The van der Waals surface area contributed by atoms with Crippen molar-refractivity contribution in [2.45, 2.75) is 39.0 Å². The van der Waals surface area contributed by atoms with E-state index in [9.17, 15) is 5.26 Å². The number of nitriles is 1. The lowest BCUT2D eigenvalue weighted by Crippen LogP contribution is -2.22. The molecule has 0 N–H and O–H groups in total. The van der Waals surface area contributed by atoms with E-state index in [1.54, 1.807) is 12.4 Å². The van der Waals surface area contributed by atoms with Gasteiger partial charge in [-0.1, -0.05) is 6.07 Å². The second kappa shape index (κ2) is 6.06. The molecular weight excluding hydrogens is 322 g/mol. The number of nitrogens with zero attached hydrogens (tertiary/aromatic N) is 5. The highest BCUT2D eigenvalue weighted by Crippen LogP contribution is 2.46. The van der Waals surface area contributed by atoms with Gasteiger partial charge in [0.25, 0.3) is 0 Å². The van der Waals surface area contributed by atoms with Crippen molar-refractivity contribution >= 4 is 0 Å². The first-order valence-corrected chi connectivity index (χ1v) is 8.88. The van der Waals surface area contributed by atoms with Crippen LogP contribution < -0.4 is 0 Å². The molecular formula is C21H21N5. The van der Waals surface area contributed by atoms with Crippen LogP contribution in [0.2, 0.25) is 0 Å². The average molecular weight is 343 g/mol. The van der Waals surface area contributed by atoms with Crippen molar-refractivity contribution in [1.82, 2.24) is 19.5 Å². The highest BCUT2D eigenvalue weighted by molar-refractivity contribution is 5.54. The minimum atomic E-state index is -0.440. The van der Waals surface area contributed by atoms with E-state index in [2.05, 4.69) is 51.6 Å². The summed E-state index contributed by atoms with van der Waals surface area (Å²) in [4.78, 5) is 13.6. The third-order valence-electron chi connectivity index (χ3n) is 5.39. The Morgan fingerprint density at radius 2 is 1.65 bits per heavy atom. The molecule has 0 saturated heterocycles. The van der Waals surface area contributed by atoms with Crippen molar-refractivity contribution < 1.29 is 0 Å². The molecule has 3 aromatic rings. The molecule has 130 valence electrons. The van der Waals surface area contributed by atoms with Gasteiger partial charge in [0.1, 0.15) is 5.69 Å². The number of hydrogen-bond donors (Lipinski definition) is 0. The molecule has 5 heteroatoms. The fraction of sp³-hybridized carbons (Fsp3) is 0.333. The molecule has 0 amide bonds. The van der Waals surface area contributed by atoms with Gasteiger partial charge in [-0.25, -0.2) is 9.97 Å². The molecule has 5 nitrogen and oxygen atoms in total. The Balaban J connectivity index is 1.61. The summed E-state index contributed by atoms with van der Waals surface area (Å²) in [6.45, 7) is 6.11. The smallest absolute Gasteiger partial charge is 0.155 e. The molecule has 0 radical (unpaired) electrons. The lowest BCUT2D eigenvalue weighted by Gasteiger charge is -2.21. The summed E-state index contributed by atoms with van der Waals surface area (Å²) >= 11 is 0. The first kappa shape index (κ1) is 16.5. The van der Waals surface area contributed by atoms with E-state index < -0.39 is 5.41 Å². The fourth-order valence-electron chi connectivity index (χ4n) is 3.50. The summed E-state index contributed by atoms with van der Waals surface area (Å²) in [6.07, 6.45) is 7.58. The molecule has 1 saturated carbocycles. The molecule has 0 aromatic carbocycles. The van der Waals surface area contributed by atoms with Crippen LogP contribution >= 0.6 is 0 Å². The van der Waals surface area contributed by atoms with Crippen molar-refractivity contribution in [3.05, 3.63) is 59.8 Å². The minimum absolute atomic E-state index is 0.440. The van der Waals surface area contributed by atoms with Crippen LogP contribution in [0.4, 0.5) is 0 Å². The third-order valence-corrected chi connectivity index (χ3v) is 5.39. The lowest BCUT2D eigenvalue weighted by molar-refractivity contribution is 0.527. The van der Waals surface area contributed by atoms with E-state index in [-0.39, 0.29) is 0 Å². The number of pyridine rings is 1. The van der Waals surface area contributed by atoms with Gasteiger partial charge < -0.3 is 4.57 Å². The van der Waals surface area contributed by atoms with Gasteiger partial charge in [-0.15, -0.1) is 0 Å². The summed E-state index contributed by atoms with van der Waals surface area (Å²) in [5.74, 6) is 1.25. The van der Waals surface area contributed by atoms with Gasteiger partial charge in [-0.3, -0.25) is 4.98 Å². The second-order valence-corrected chi connectivity index (χ2v) is 7.23. The summed E-state index contributed by atoms with van der Waals surface area (Å²) in [5, 5.41) is 9.60. The van der Waals surface area contributed by atoms with E-state index >= 15 is 0 Å². The maximum atomic E-state index is 9.60. The van der Waals surface area contributed by atoms with Crippen molar-refractivity contribution in [3.63, 3.8) is 0 Å². The molecule has 1 atom stereocenters. The zero-order chi connectivity index (χ0) is 18.3. The molecule has 3 heterocycles. The Morgan fingerprint density at radius 3 is 2.15 bits per heavy atom. The summed E-state index contributed by atoms with van der Waals surface area (Å²) < 4.78 is 2.07. The van der Waals surface area contributed by atoms with Crippen molar-refractivity contribution in [3.8, 4) is 23.3 Å². The number of aryl methyl sites for hydroxylation is 2. The minimum Gasteiger partial charge on any atom is -0.302 e. The zero-order valence-electron chi connectivity index (χ0n) is 15.3. The molecule has 0 aliphatic heterocycles. The highest BCUT2D eigenvalue weighted by Gasteiger charge is 2.43. The van der Waals surface area contributed by atoms with E-state index in [0.717, 1.165) is 47.0 Å². The summed E-state index contributed by atoms with van der Waals surface area (Å²) in [6, 6.07) is 10.5. The average Bonchev–Trinajstić information content (AvgIpc) is 3.47. The van der Waals surface area contributed by atoms with Gasteiger partial charge in [0.15, 0.2) is 5.82 Å². The molecule has 0 bridgehead atoms. The van der Waals surface area contributed by atoms with Crippen LogP contribution in [0.5, 0.6) is 0 Å². The van der Waals surface area contributed by atoms with Gasteiger partial charge in [0.2, 0.25) is 0 Å². The molecule has 26 heavy (non-hydrogen) atoms. The molecule has 4 rings (SSSR count). The maximum absolute atomic E-state index is 9.60. The first-order chi connectivity index (χ1) is 12.5. The van der Waals surface area contributed by atoms with E-state index in [0.29, 0.717) is 5.92 Å². The number of hydrogen-bond acceptors (Lipinski definition) is 4. The Labute approximate surface area is 153 Å². The highest BCUT2D eigenvalue weighted by atomic mass is 15.1. The van der Waals surface area contributed by atoms with Crippen LogP contribution in [-0.4, -0.2) is 19.5 Å². The zero-order valence-corrected chi connectivity index (χ0v) is 15.3. The fourth-order valence-corrected chi connectivity index (χ4v) is 3.50. The van der Waals surface area contributed by atoms with Gasteiger partial charge >= 0.3 is 0 Å². The number of aromatic nitrogens is 4. The van der Waals surface area contributed by atoms with Crippen LogP contribution in [0.3, 0.4) is 0 Å². The Morgan fingerprint density at radius 1 is 0.962 bits per heavy atom.